The highest BCUT2D eigenvalue weighted by Gasteiger charge is 2.38. The summed E-state index contributed by atoms with van der Waals surface area (Å²) in [6, 6.07) is 4.34. The van der Waals surface area contributed by atoms with Crippen LogP contribution in [0.25, 0.3) is 0 Å². The number of benzene rings is 1. The van der Waals surface area contributed by atoms with Crippen molar-refractivity contribution in [3.63, 3.8) is 0 Å². The van der Waals surface area contributed by atoms with Gasteiger partial charge in [0.1, 0.15) is 0 Å². The van der Waals surface area contributed by atoms with Crippen LogP contribution in [0.3, 0.4) is 0 Å². The van der Waals surface area contributed by atoms with Gasteiger partial charge in [-0.1, -0.05) is 6.07 Å². The Kier molecular flexibility index (Phi) is 1.78. The molecule has 1 aliphatic rings. The van der Waals surface area contributed by atoms with Crippen LogP contribution >= 0.6 is 0 Å². The summed E-state index contributed by atoms with van der Waals surface area (Å²) in [6.07, 6.45) is 0. The first-order valence-corrected chi connectivity index (χ1v) is 7.19. The van der Waals surface area contributed by atoms with E-state index >= 15 is 0 Å². The number of fused-ring (bicyclic) bond motifs is 1. The van der Waals surface area contributed by atoms with Gasteiger partial charge in [0.05, 0.1) is 9.79 Å². The summed E-state index contributed by atoms with van der Waals surface area (Å²) >= 11 is 0. The summed E-state index contributed by atoms with van der Waals surface area (Å²) < 4.78 is 45.7. The quantitative estimate of drug-likeness (QED) is 0.653. The molecule has 14 heavy (non-hydrogen) atoms. The Morgan fingerprint density at radius 2 is 1.57 bits per heavy atom. The fourth-order valence-corrected chi connectivity index (χ4v) is 6.24. The maximum atomic E-state index is 11.4. The monoisotopic (exact) mass is 232 g/mol. The maximum absolute atomic E-state index is 11.4. The Morgan fingerprint density at radius 1 is 1.00 bits per heavy atom. The number of hydrogen-bond acceptors (Lipinski definition) is 4. The van der Waals surface area contributed by atoms with Gasteiger partial charge in [-0.05, 0) is 24.6 Å². The molecule has 1 heterocycles. The summed E-state index contributed by atoms with van der Waals surface area (Å²) in [5.41, 5.74) is 0.740. The second kappa shape index (κ2) is 2.58. The molecule has 0 aromatic heterocycles. The van der Waals surface area contributed by atoms with Crippen molar-refractivity contribution in [1.82, 2.24) is 0 Å². The Hall–Kier alpha value is -0.880. The van der Waals surface area contributed by atoms with Crippen LogP contribution in [0.15, 0.2) is 28.0 Å². The molecule has 0 fully saturated rings. The van der Waals surface area contributed by atoms with Gasteiger partial charge in [0.25, 0.3) is 0 Å². The molecule has 0 saturated heterocycles. The van der Waals surface area contributed by atoms with E-state index in [0.717, 1.165) is 5.56 Å². The molecule has 0 N–H and O–H groups in total. The molecule has 1 aromatic carbocycles. The number of sulfone groups is 2. The largest absolute Gasteiger partial charge is 0.223 e. The van der Waals surface area contributed by atoms with Gasteiger partial charge < -0.3 is 0 Å². The zero-order chi connectivity index (χ0) is 10.6. The first-order valence-electron chi connectivity index (χ1n) is 3.89. The third-order valence-corrected chi connectivity index (χ3v) is 6.73. The van der Waals surface area contributed by atoms with Crippen molar-refractivity contribution in [2.45, 2.75) is 16.7 Å². The predicted octanol–water partition coefficient (Wildman–Crippen LogP) is 0.514. The summed E-state index contributed by atoms with van der Waals surface area (Å²) in [5.74, 6) is 0. The van der Waals surface area contributed by atoms with Crippen LogP contribution in [0.4, 0.5) is 0 Å². The van der Waals surface area contributed by atoms with Gasteiger partial charge in [-0.25, -0.2) is 16.8 Å². The lowest BCUT2D eigenvalue weighted by molar-refractivity contribution is 0.598. The fraction of sp³-hybridized carbons (Fsp3) is 0.250. The van der Waals surface area contributed by atoms with E-state index in [1.165, 1.54) is 12.1 Å². The lowest BCUT2D eigenvalue weighted by Crippen LogP contribution is -2.04. The van der Waals surface area contributed by atoms with Crippen LogP contribution in [0.1, 0.15) is 5.56 Å². The van der Waals surface area contributed by atoms with Crippen LogP contribution in [-0.2, 0) is 19.7 Å². The maximum Gasteiger partial charge on any atom is 0.194 e. The highest BCUT2D eigenvalue weighted by atomic mass is 32.3. The number of hydrogen-bond donors (Lipinski definition) is 0. The molecule has 0 atom stereocenters. The molecule has 0 spiro atoms. The minimum atomic E-state index is -3.62. The highest BCUT2D eigenvalue weighted by Crippen LogP contribution is 2.32. The second-order valence-corrected chi connectivity index (χ2v) is 7.58. The fourth-order valence-electron chi connectivity index (χ4n) is 1.45. The van der Waals surface area contributed by atoms with E-state index in [1.807, 2.05) is 0 Å². The molecule has 0 radical (unpaired) electrons. The van der Waals surface area contributed by atoms with Gasteiger partial charge >= 0.3 is 0 Å². The van der Waals surface area contributed by atoms with E-state index in [9.17, 15) is 16.8 Å². The summed E-state index contributed by atoms with van der Waals surface area (Å²) in [5, 5.41) is -0.793. The van der Waals surface area contributed by atoms with Crippen LogP contribution in [0.5, 0.6) is 0 Å². The summed E-state index contributed by atoms with van der Waals surface area (Å²) in [6.45, 7) is 1.72. The molecule has 76 valence electrons. The van der Waals surface area contributed by atoms with Crippen LogP contribution in [-0.4, -0.2) is 21.9 Å². The van der Waals surface area contributed by atoms with Crippen molar-refractivity contribution in [3.05, 3.63) is 23.8 Å². The van der Waals surface area contributed by atoms with E-state index in [0.29, 0.717) is 0 Å². The lowest BCUT2D eigenvalue weighted by atomic mass is 10.2. The van der Waals surface area contributed by atoms with Crippen molar-refractivity contribution in [2.24, 2.45) is 0 Å². The third-order valence-electron chi connectivity index (χ3n) is 2.08. The molecule has 0 bridgehead atoms. The first kappa shape index (κ1) is 9.67. The van der Waals surface area contributed by atoms with Gasteiger partial charge in [-0.15, -0.1) is 0 Å². The molecule has 0 unspecified atom stereocenters. The van der Waals surface area contributed by atoms with E-state index in [2.05, 4.69) is 0 Å². The predicted molar refractivity (Wildman–Crippen MR) is 50.4 cm³/mol. The van der Waals surface area contributed by atoms with Gasteiger partial charge in [-0.3, -0.25) is 0 Å². The molecular weight excluding hydrogens is 224 g/mol. The van der Waals surface area contributed by atoms with Crippen LogP contribution in [0.2, 0.25) is 0 Å². The van der Waals surface area contributed by atoms with Gasteiger partial charge in [0.15, 0.2) is 24.8 Å². The van der Waals surface area contributed by atoms with Crippen molar-refractivity contribution < 1.29 is 16.8 Å². The Bertz CT molecular complexity index is 596. The Balaban J connectivity index is 2.93. The average Bonchev–Trinajstić information content (AvgIpc) is 2.17. The lowest BCUT2D eigenvalue weighted by Gasteiger charge is -1.97. The normalized spacial score (nSPS) is 21.8. The van der Waals surface area contributed by atoms with Crippen LogP contribution < -0.4 is 0 Å². The minimum absolute atomic E-state index is 0.0579. The summed E-state index contributed by atoms with van der Waals surface area (Å²) in [4.78, 5) is -0.124. The topological polar surface area (TPSA) is 68.3 Å². The van der Waals surface area contributed by atoms with Crippen molar-refractivity contribution in [3.8, 4) is 0 Å². The average molecular weight is 232 g/mol. The number of aryl methyl sites for hydroxylation is 1. The molecule has 0 saturated carbocycles. The molecule has 1 aliphatic heterocycles. The zero-order valence-corrected chi connectivity index (χ0v) is 9.02. The molecule has 1 aromatic rings. The van der Waals surface area contributed by atoms with Crippen molar-refractivity contribution >= 4 is 19.7 Å². The van der Waals surface area contributed by atoms with Gasteiger partial charge in [0.2, 0.25) is 0 Å². The first-order chi connectivity index (χ1) is 6.33. The SMILES string of the molecule is Cc1ccc2c(c1)S(=O)(=O)CS2(=O)=O. The molecule has 0 aliphatic carbocycles. The van der Waals surface area contributed by atoms with Crippen molar-refractivity contribution in [2.75, 3.05) is 5.08 Å². The molecule has 6 heteroatoms. The molecule has 4 nitrogen and oxygen atoms in total. The number of rotatable bonds is 0. The smallest absolute Gasteiger partial charge is 0.194 e. The Labute approximate surface area is 82.4 Å². The van der Waals surface area contributed by atoms with E-state index in [1.54, 1.807) is 13.0 Å². The Morgan fingerprint density at radius 3 is 2.21 bits per heavy atom. The van der Waals surface area contributed by atoms with Gasteiger partial charge in [-0.2, -0.15) is 0 Å². The zero-order valence-electron chi connectivity index (χ0n) is 7.39. The van der Waals surface area contributed by atoms with Gasteiger partial charge in [0, 0.05) is 0 Å². The van der Waals surface area contributed by atoms with Crippen LogP contribution in [0, 0.1) is 6.92 Å². The summed E-state index contributed by atoms with van der Waals surface area (Å²) in [7, 11) is -7.24. The van der Waals surface area contributed by atoms with E-state index in [-0.39, 0.29) is 9.79 Å². The van der Waals surface area contributed by atoms with E-state index < -0.39 is 24.8 Å². The second-order valence-electron chi connectivity index (χ2n) is 3.30. The highest BCUT2D eigenvalue weighted by molar-refractivity contribution is 8.10. The molecular formula is C8H8O4S2. The standard InChI is InChI=1S/C8H8O4S2/c1-6-2-3-7-8(4-6)14(11,12)5-13(7,9)10/h2-4H,5H2,1H3. The van der Waals surface area contributed by atoms with E-state index in [4.69, 9.17) is 0 Å². The molecule has 0 amide bonds. The third kappa shape index (κ3) is 1.26. The van der Waals surface area contributed by atoms with Crippen molar-refractivity contribution in [1.29, 1.82) is 0 Å². The molecule has 2 rings (SSSR count). The minimum Gasteiger partial charge on any atom is -0.223 e.